The van der Waals surface area contributed by atoms with Gasteiger partial charge in [-0.25, -0.2) is 0 Å². The Balaban J connectivity index is 1.55. The molecule has 0 bridgehead atoms. The van der Waals surface area contributed by atoms with Crippen LogP contribution in [0.2, 0.25) is 0 Å². The molecule has 7 heteroatoms. The van der Waals surface area contributed by atoms with Crippen LogP contribution in [-0.2, 0) is 6.42 Å². The van der Waals surface area contributed by atoms with Crippen LogP contribution in [0.15, 0.2) is 9.41 Å². The highest BCUT2D eigenvalue weighted by atomic mass is 32.2. The molecule has 0 amide bonds. The van der Waals surface area contributed by atoms with E-state index in [1.165, 1.54) is 5.17 Å². The van der Waals surface area contributed by atoms with Gasteiger partial charge in [0.1, 0.15) is 0 Å². The van der Waals surface area contributed by atoms with Gasteiger partial charge in [-0.3, -0.25) is 9.89 Å². The summed E-state index contributed by atoms with van der Waals surface area (Å²) in [6.07, 6.45) is 0.792. The Morgan fingerprint density at radius 1 is 1.23 bits per heavy atom. The third kappa shape index (κ3) is 3.30. The summed E-state index contributed by atoms with van der Waals surface area (Å²) in [4.78, 5) is 9.52. The molecule has 3 heterocycles. The van der Waals surface area contributed by atoms with Crippen molar-refractivity contribution in [2.75, 3.05) is 32.7 Å². The molecule has 0 aromatic carbocycles. The molecule has 0 spiro atoms. The number of aliphatic imine (C=N–C) groups is 1. The van der Waals surface area contributed by atoms with Crippen molar-refractivity contribution in [1.29, 1.82) is 0 Å². The van der Waals surface area contributed by atoms with Crippen molar-refractivity contribution >= 4 is 16.9 Å². The van der Waals surface area contributed by atoms with E-state index < -0.39 is 0 Å². The lowest BCUT2D eigenvalue weighted by Gasteiger charge is -2.37. The van der Waals surface area contributed by atoms with E-state index in [-0.39, 0.29) is 10.8 Å². The number of piperazine rings is 1. The van der Waals surface area contributed by atoms with Gasteiger partial charge in [-0.15, -0.1) is 10.2 Å². The molecule has 6 nitrogen and oxygen atoms in total. The molecule has 0 unspecified atom stereocenters. The van der Waals surface area contributed by atoms with Crippen molar-refractivity contribution in [2.24, 2.45) is 4.99 Å². The maximum absolute atomic E-state index is 5.70. The fourth-order valence-corrected chi connectivity index (χ4v) is 3.83. The Morgan fingerprint density at radius 2 is 1.95 bits per heavy atom. The number of hydrogen-bond acceptors (Lipinski definition) is 7. The highest BCUT2D eigenvalue weighted by Gasteiger charge is 2.33. The number of thioether (sulfide) groups is 1. The lowest BCUT2D eigenvalue weighted by molar-refractivity contribution is 0.125. The van der Waals surface area contributed by atoms with Crippen LogP contribution in [0, 0.1) is 0 Å². The van der Waals surface area contributed by atoms with Crippen LogP contribution in [0.5, 0.6) is 0 Å². The van der Waals surface area contributed by atoms with E-state index in [0.29, 0.717) is 0 Å². The first kappa shape index (κ1) is 15.8. The summed E-state index contributed by atoms with van der Waals surface area (Å²) >= 11 is 1.90. The second kappa shape index (κ2) is 6.20. The molecule has 1 fully saturated rings. The van der Waals surface area contributed by atoms with Gasteiger partial charge in [0.25, 0.3) is 0 Å². The summed E-state index contributed by atoms with van der Waals surface area (Å²) in [5.41, 5.74) is 0. The van der Waals surface area contributed by atoms with Crippen LogP contribution >= 0.6 is 11.8 Å². The van der Waals surface area contributed by atoms with Crippen LogP contribution < -0.4 is 0 Å². The lowest BCUT2D eigenvalue weighted by Crippen LogP contribution is -2.48. The summed E-state index contributed by atoms with van der Waals surface area (Å²) in [5.74, 6) is 1.46. The number of nitrogens with zero attached hydrogens (tertiary/aromatic N) is 5. The molecule has 1 saturated heterocycles. The van der Waals surface area contributed by atoms with Crippen LogP contribution in [0.1, 0.15) is 45.5 Å². The van der Waals surface area contributed by atoms with Crippen molar-refractivity contribution in [3.63, 3.8) is 0 Å². The zero-order valence-electron chi connectivity index (χ0n) is 13.9. The fraction of sp³-hybridized carbons (Fsp3) is 0.800. The van der Waals surface area contributed by atoms with Gasteiger partial charge in [-0.2, -0.15) is 0 Å². The molecule has 0 radical (unpaired) electrons. The molecule has 0 saturated carbocycles. The Bertz CT molecular complexity index is 548. The smallest absolute Gasteiger partial charge is 0.233 e. The minimum absolute atomic E-state index is 0.185. The summed E-state index contributed by atoms with van der Waals surface area (Å²) in [7, 11) is 0. The van der Waals surface area contributed by atoms with Gasteiger partial charge in [0.15, 0.2) is 5.17 Å². The van der Waals surface area contributed by atoms with Crippen molar-refractivity contribution in [2.45, 2.75) is 44.9 Å². The first-order chi connectivity index (χ1) is 10.5. The molecule has 1 atom stereocenters. The maximum Gasteiger partial charge on any atom is 0.233 e. The Labute approximate surface area is 136 Å². The average Bonchev–Trinajstić information content (AvgIpc) is 3.13. The van der Waals surface area contributed by atoms with Gasteiger partial charge in [-0.05, 0) is 20.8 Å². The topological polar surface area (TPSA) is 57.8 Å². The largest absolute Gasteiger partial charge is 0.424 e. The molecule has 2 aliphatic heterocycles. The number of rotatable bonds is 3. The maximum atomic E-state index is 5.70. The van der Waals surface area contributed by atoms with E-state index in [4.69, 9.17) is 9.41 Å². The quantitative estimate of drug-likeness (QED) is 0.850. The fourth-order valence-electron chi connectivity index (χ4n) is 2.77. The zero-order valence-corrected chi connectivity index (χ0v) is 14.7. The van der Waals surface area contributed by atoms with Gasteiger partial charge in [0.05, 0.1) is 12.6 Å². The van der Waals surface area contributed by atoms with E-state index in [0.717, 1.165) is 50.9 Å². The van der Waals surface area contributed by atoms with E-state index in [9.17, 15) is 0 Å². The van der Waals surface area contributed by atoms with Crippen molar-refractivity contribution in [3.05, 3.63) is 11.8 Å². The van der Waals surface area contributed by atoms with Crippen LogP contribution in [0.25, 0.3) is 0 Å². The average molecular weight is 323 g/mol. The third-order valence-corrected chi connectivity index (χ3v) is 5.49. The monoisotopic (exact) mass is 323 g/mol. The standard InChI is InChI=1S/C15H25N5OS/c1-5-12-17-18-13(21-12)11(2)19-6-8-20(9-7-19)14-16-10-15(3,4)22-14/h11H,5-10H2,1-4H3/t11-/m0/s1. The van der Waals surface area contributed by atoms with Crippen molar-refractivity contribution in [1.82, 2.24) is 20.0 Å². The van der Waals surface area contributed by atoms with E-state index in [1.54, 1.807) is 0 Å². The van der Waals surface area contributed by atoms with E-state index in [1.807, 2.05) is 18.7 Å². The number of amidine groups is 1. The Kier molecular flexibility index (Phi) is 4.45. The molecule has 0 aliphatic carbocycles. The molecule has 1 aromatic rings. The summed E-state index contributed by atoms with van der Waals surface area (Å²) < 4.78 is 5.95. The second-order valence-corrected chi connectivity index (χ2v) is 8.22. The second-order valence-electron chi connectivity index (χ2n) is 6.55. The van der Waals surface area contributed by atoms with Gasteiger partial charge in [0.2, 0.25) is 11.8 Å². The summed E-state index contributed by atoms with van der Waals surface area (Å²) in [6.45, 7) is 13.7. The minimum atomic E-state index is 0.185. The highest BCUT2D eigenvalue weighted by Crippen LogP contribution is 2.34. The summed E-state index contributed by atoms with van der Waals surface area (Å²) in [6, 6.07) is 0.185. The molecule has 2 aliphatic rings. The summed E-state index contributed by atoms with van der Waals surface area (Å²) in [5, 5.41) is 9.46. The molecule has 1 aromatic heterocycles. The van der Waals surface area contributed by atoms with E-state index >= 15 is 0 Å². The van der Waals surface area contributed by atoms with Crippen molar-refractivity contribution in [3.8, 4) is 0 Å². The molecule has 122 valence electrons. The molecule has 3 rings (SSSR count). The zero-order chi connectivity index (χ0) is 15.7. The lowest BCUT2D eigenvalue weighted by atomic mass is 10.2. The normalized spacial score (nSPS) is 23.6. The van der Waals surface area contributed by atoms with Crippen LogP contribution in [-0.4, -0.2) is 62.6 Å². The highest BCUT2D eigenvalue weighted by molar-refractivity contribution is 8.15. The predicted molar refractivity (Wildman–Crippen MR) is 89.2 cm³/mol. The number of aromatic nitrogens is 2. The van der Waals surface area contributed by atoms with Crippen molar-refractivity contribution < 1.29 is 4.42 Å². The van der Waals surface area contributed by atoms with Gasteiger partial charge in [0, 0.05) is 37.3 Å². The minimum Gasteiger partial charge on any atom is -0.424 e. The Morgan fingerprint density at radius 3 is 2.50 bits per heavy atom. The molecule has 0 N–H and O–H groups in total. The number of hydrogen-bond donors (Lipinski definition) is 0. The Hall–Kier alpha value is -1.08. The van der Waals surface area contributed by atoms with Gasteiger partial charge in [-0.1, -0.05) is 18.7 Å². The third-order valence-electron chi connectivity index (χ3n) is 4.24. The van der Waals surface area contributed by atoms with Gasteiger partial charge >= 0.3 is 0 Å². The van der Waals surface area contributed by atoms with Crippen LogP contribution in [0.3, 0.4) is 0 Å². The van der Waals surface area contributed by atoms with E-state index in [2.05, 4.69) is 40.8 Å². The molecule has 22 heavy (non-hydrogen) atoms. The SMILES string of the molecule is CCc1nnc([C@H](C)N2CCN(C3=NCC(C)(C)S3)CC2)o1. The first-order valence-electron chi connectivity index (χ1n) is 8.03. The predicted octanol–water partition coefficient (Wildman–Crippen LogP) is 2.19. The molecular formula is C15H25N5OS. The van der Waals surface area contributed by atoms with Crippen LogP contribution in [0.4, 0.5) is 0 Å². The first-order valence-corrected chi connectivity index (χ1v) is 8.85. The van der Waals surface area contributed by atoms with Gasteiger partial charge < -0.3 is 9.32 Å². The molecular weight excluding hydrogens is 298 g/mol. The number of aryl methyl sites for hydroxylation is 1.